The highest BCUT2D eigenvalue weighted by Crippen LogP contribution is 1.95. The largest absolute Gasteiger partial charge is 0.374 e. The van der Waals surface area contributed by atoms with Gasteiger partial charge in [-0.2, -0.15) is 0 Å². The van der Waals surface area contributed by atoms with Crippen molar-refractivity contribution < 1.29 is 13.5 Å². The Hall–Kier alpha value is -1.08. The maximum Gasteiger partial charge on any atom is 0.261 e. The van der Waals surface area contributed by atoms with Gasteiger partial charge in [0.25, 0.3) is 6.43 Å². The van der Waals surface area contributed by atoms with Crippen LogP contribution in [0.15, 0.2) is 6.20 Å². The van der Waals surface area contributed by atoms with E-state index >= 15 is 0 Å². The van der Waals surface area contributed by atoms with Gasteiger partial charge in [0.2, 0.25) is 0 Å². The van der Waals surface area contributed by atoms with Crippen molar-refractivity contribution in [3.05, 3.63) is 11.9 Å². The van der Waals surface area contributed by atoms with Gasteiger partial charge in [0.15, 0.2) is 0 Å². The molecule has 0 saturated heterocycles. The molecular weight excluding hydrogens is 206 g/mol. The summed E-state index contributed by atoms with van der Waals surface area (Å²) in [6.07, 6.45) is -0.664. The molecule has 0 bridgehead atoms. The average Bonchev–Trinajstić information content (AvgIpc) is 2.61. The van der Waals surface area contributed by atoms with E-state index in [4.69, 9.17) is 4.74 Å². The first kappa shape index (κ1) is 12.0. The van der Waals surface area contributed by atoms with E-state index in [0.717, 1.165) is 5.69 Å². The van der Waals surface area contributed by atoms with E-state index in [-0.39, 0.29) is 6.61 Å². The van der Waals surface area contributed by atoms with Crippen molar-refractivity contribution in [2.45, 2.75) is 19.5 Å². The molecule has 0 aliphatic rings. The fourth-order valence-electron chi connectivity index (χ4n) is 1.04. The minimum atomic E-state index is -2.42. The molecule has 0 aliphatic carbocycles. The zero-order valence-corrected chi connectivity index (χ0v) is 8.49. The normalized spacial score (nSPS) is 11.2. The highest BCUT2D eigenvalue weighted by Gasteiger charge is 2.02. The number of rotatable bonds is 7. The van der Waals surface area contributed by atoms with Crippen LogP contribution in [0.2, 0.25) is 0 Å². The molecule has 0 aliphatic heterocycles. The zero-order valence-electron chi connectivity index (χ0n) is 8.49. The van der Waals surface area contributed by atoms with E-state index in [9.17, 15) is 8.78 Å². The van der Waals surface area contributed by atoms with Gasteiger partial charge in [-0.1, -0.05) is 5.21 Å². The zero-order chi connectivity index (χ0) is 11.1. The molecule has 7 heteroatoms. The number of hydrogen-bond acceptors (Lipinski definition) is 4. The van der Waals surface area contributed by atoms with Crippen molar-refractivity contribution in [2.24, 2.45) is 0 Å². The molecule has 0 unspecified atom stereocenters. The molecule has 0 aromatic carbocycles. The summed E-state index contributed by atoms with van der Waals surface area (Å²) in [6, 6.07) is 0. The Bertz CT molecular complexity index is 279. The predicted octanol–water partition coefficient (Wildman–Crippen LogP) is 0.279. The van der Waals surface area contributed by atoms with E-state index < -0.39 is 13.0 Å². The van der Waals surface area contributed by atoms with Crippen molar-refractivity contribution >= 4 is 0 Å². The number of halogens is 2. The predicted molar refractivity (Wildman–Crippen MR) is 49.6 cm³/mol. The first-order valence-electron chi connectivity index (χ1n) is 4.62. The van der Waals surface area contributed by atoms with Crippen LogP contribution < -0.4 is 5.32 Å². The Morgan fingerprint density at radius 3 is 3.07 bits per heavy atom. The quantitative estimate of drug-likeness (QED) is 0.670. The Kier molecular flexibility index (Phi) is 5.13. The minimum absolute atomic E-state index is 0.215. The second kappa shape index (κ2) is 6.41. The van der Waals surface area contributed by atoms with Gasteiger partial charge >= 0.3 is 0 Å². The van der Waals surface area contributed by atoms with Gasteiger partial charge in [-0.25, -0.2) is 13.5 Å². The van der Waals surface area contributed by atoms with Crippen LogP contribution in [0.25, 0.3) is 0 Å². The molecular formula is C8H14F2N4O. The second-order valence-corrected chi connectivity index (χ2v) is 2.97. The number of nitrogens with zero attached hydrogens (tertiary/aromatic N) is 3. The van der Waals surface area contributed by atoms with Crippen LogP contribution in [0.3, 0.4) is 0 Å². The van der Waals surface area contributed by atoms with E-state index in [0.29, 0.717) is 13.1 Å². The van der Waals surface area contributed by atoms with Gasteiger partial charge in [-0.3, -0.25) is 0 Å². The van der Waals surface area contributed by atoms with Gasteiger partial charge in [0.1, 0.15) is 6.61 Å². The van der Waals surface area contributed by atoms with Gasteiger partial charge < -0.3 is 10.1 Å². The Balaban J connectivity index is 2.19. The molecule has 0 fully saturated rings. The number of aromatic nitrogens is 3. The third-order valence-electron chi connectivity index (χ3n) is 1.65. The average molecular weight is 220 g/mol. The highest BCUT2D eigenvalue weighted by molar-refractivity contribution is 4.90. The van der Waals surface area contributed by atoms with Crippen molar-refractivity contribution in [1.82, 2.24) is 20.3 Å². The molecule has 1 rings (SSSR count). The van der Waals surface area contributed by atoms with Crippen LogP contribution in [-0.4, -0.2) is 41.7 Å². The molecule has 0 radical (unpaired) electrons. The summed E-state index contributed by atoms with van der Waals surface area (Å²) in [4.78, 5) is 0. The lowest BCUT2D eigenvalue weighted by molar-refractivity contribution is 0.0139. The molecule has 0 saturated carbocycles. The standard InChI is InChI=1S/C8H14F2N4O/c1-11-4-7-5-14(13-12-7)2-3-15-6-8(9)10/h5,8,11H,2-4,6H2,1H3. The summed E-state index contributed by atoms with van der Waals surface area (Å²) in [5.41, 5.74) is 0.811. The SMILES string of the molecule is CNCc1cn(CCOCC(F)F)nn1. The van der Waals surface area contributed by atoms with Gasteiger partial charge in [-0.05, 0) is 7.05 Å². The summed E-state index contributed by atoms with van der Waals surface area (Å²) in [6.45, 7) is 0.756. The van der Waals surface area contributed by atoms with Crippen LogP contribution >= 0.6 is 0 Å². The van der Waals surface area contributed by atoms with Crippen LogP contribution in [-0.2, 0) is 17.8 Å². The molecule has 1 aromatic rings. The summed E-state index contributed by atoms with van der Waals surface area (Å²) < 4.78 is 29.7. The fraction of sp³-hybridized carbons (Fsp3) is 0.750. The molecule has 0 spiro atoms. The van der Waals surface area contributed by atoms with Crippen LogP contribution in [0.5, 0.6) is 0 Å². The fourth-order valence-corrected chi connectivity index (χ4v) is 1.04. The highest BCUT2D eigenvalue weighted by atomic mass is 19.3. The lowest BCUT2D eigenvalue weighted by Gasteiger charge is -2.02. The molecule has 1 heterocycles. The van der Waals surface area contributed by atoms with E-state index in [1.54, 1.807) is 10.9 Å². The molecule has 1 aromatic heterocycles. The van der Waals surface area contributed by atoms with Gasteiger partial charge in [0, 0.05) is 12.7 Å². The Labute approximate surface area is 86.4 Å². The van der Waals surface area contributed by atoms with Crippen LogP contribution in [0.1, 0.15) is 5.69 Å². The number of nitrogens with one attached hydrogen (secondary N) is 1. The number of hydrogen-bond donors (Lipinski definition) is 1. The number of alkyl halides is 2. The lowest BCUT2D eigenvalue weighted by Crippen LogP contribution is -2.11. The molecule has 0 atom stereocenters. The maximum absolute atomic E-state index is 11.7. The van der Waals surface area contributed by atoms with Crippen molar-refractivity contribution in [3.8, 4) is 0 Å². The topological polar surface area (TPSA) is 52.0 Å². The van der Waals surface area contributed by atoms with E-state index in [2.05, 4.69) is 15.6 Å². The maximum atomic E-state index is 11.7. The van der Waals surface area contributed by atoms with Crippen molar-refractivity contribution in [2.75, 3.05) is 20.3 Å². The number of ether oxygens (including phenoxy) is 1. The Morgan fingerprint density at radius 2 is 2.40 bits per heavy atom. The van der Waals surface area contributed by atoms with Gasteiger partial charge in [-0.15, -0.1) is 5.10 Å². The summed E-state index contributed by atoms with van der Waals surface area (Å²) in [7, 11) is 1.81. The first-order chi connectivity index (χ1) is 7.22. The Morgan fingerprint density at radius 1 is 1.60 bits per heavy atom. The van der Waals surface area contributed by atoms with Crippen LogP contribution in [0.4, 0.5) is 8.78 Å². The van der Waals surface area contributed by atoms with Crippen LogP contribution in [0, 0.1) is 0 Å². The molecule has 15 heavy (non-hydrogen) atoms. The smallest absolute Gasteiger partial charge is 0.261 e. The summed E-state index contributed by atoms with van der Waals surface area (Å²) >= 11 is 0. The monoisotopic (exact) mass is 220 g/mol. The van der Waals surface area contributed by atoms with E-state index in [1.807, 2.05) is 7.05 Å². The minimum Gasteiger partial charge on any atom is -0.374 e. The lowest BCUT2D eigenvalue weighted by atomic mass is 10.5. The third-order valence-corrected chi connectivity index (χ3v) is 1.65. The molecule has 0 amide bonds. The summed E-state index contributed by atoms with van der Waals surface area (Å²) in [5, 5.41) is 10.6. The third kappa shape index (κ3) is 4.80. The first-order valence-corrected chi connectivity index (χ1v) is 4.62. The molecule has 1 N–H and O–H groups in total. The van der Waals surface area contributed by atoms with Crippen molar-refractivity contribution in [3.63, 3.8) is 0 Å². The summed E-state index contributed by atoms with van der Waals surface area (Å²) in [5.74, 6) is 0. The van der Waals surface area contributed by atoms with E-state index in [1.165, 1.54) is 0 Å². The van der Waals surface area contributed by atoms with Gasteiger partial charge in [0.05, 0.1) is 18.8 Å². The second-order valence-electron chi connectivity index (χ2n) is 2.97. The molecule has 5 nitrogen and oxygen atoms in total. The van der Waals surface area contributed by atoms with Crippen molar-refractivity contribution in [1.29, 1.82) is 0 Å². The molecule has 86 valence electrons.